The largest absolute Gasteiger partial charge is 0.454 e. The summed E-state index contributed by atoms with van der Waals surface area (Å²) in [5, 5.41) is 4.04. The van der Waals surface area contributed by atoms with Gasteiger partial charge >= 0.3 is 5.97 Å². The highest BCUT2D eigenvalue weighted by atomic mass is 32.2. The molecule has 1 heterocycles. The van der Waals surface area contributed by atoms with Crippen molar-refractivity contribution < 1.29 is 22.7 Å². The van der Waals surface area contributed by atoms with Crippen LogP contribution in [-0.2, 0) is 24.3 Å². The van der Waals surface area contributed by atoms with Gasteiger partial charge < -0.3 is 10.1 Å². The lowest BCUT2D eigenvalue weighted by Gasteiger charge is -2.17. The standard InChI is InChI=1S/C19H22N2O5S/c1-13(2)9-10-20-17(22)12-26-18(23)11-21-15-7-3-5-14-6-4-8-16(19(14)15)27(21,24)25/h3-8,13H,9-12H2,1-2H3,(H,20,22). The van der Waals surface area contributed by atoms with E-state index in [4.69, 9.17) is 4.74 Å². The Balaban J connectivity index is 1.65. The second-order valence-electron chi connectivity index (χ2n) is 6.84. The fraction of sp³-hybridized carbons (Fsp3) is 0.368. The van der Waals surface area contributed by atoms with E-state index in [0.29, 0.717) is 23.5 Å². The summed E-state index contributed by atoms with van der Waals surface area (Å²) < 4.78 is 31.6. The number of carbonyl (C=O) groups is 2. The first kappa shape index (κ1) is 19.2. The summed E-state index contributed by atoms with van der Waals surface area (Å²) in [6, 6.07) is 10.2. The third-order valence-electron chi connectivity index (χ3n) is 4.36. The molecule has 0 fully saturated rings. The molecule has 1 amide bonds. The number of ether oxygens (including phenoxy) is 1. The quantitative estimate of drug-likeness (QED) is 0.731. The monoisotopic (exact) mass is 390 g/mol. The van der Waals surface area contributed by atoms with Crippen molar-refractivity contribution in [3.05, 3.63) is 36.4 Å². The number of anilines is 1. The summed E-state index contributed by atoms with van der Waals surface area (Å²) in [5.41, 5.74) is 0.446. The lowest BCUT2D eigenvalue weighted by molar-refractivity contribution is -0.147. The molecule has 0 spiro atoms. The second kappa shape index (κ2) is 7.56. The lowest BCUT2D eigenvalue weighted by Crippen LogP contribution is -2.36. The van der Waals surface area contributed by atoms with Crippen molar-refractivity contribution >= 4 is 38.4 Å². The minimum Gasteiger partial charge on any atom is -0.454 e. The number of rotatable bonds is 7. The molecule has 0 aromatic heterocycles. The summed E-state index contributed by atoms with van der Waals surface area (Å²) in [6.07, 6.45) is 0.827. The van der Waals surface area contributed by atoms with E-state index in [9.17, 15) is 18.0 Å². The molecule has 0 bridgehead atoms. The Hall–Kier alpha value is -2.61. The van der Waals surface area contributed by atoms with Gasteiger partial charge in [-0.3, -0.25) is 13.9 Å². The van der Waals surface area contributed by atoms with Gasteiger partial charge in [-0.25, -0.2) is 8.42 Å². The number of esters is 1. The Bertz CT molecular complexity index is 980. The minimum atomic E-state index is -3.82. The van der Waals surface area contributed by atoms with Crippen LogP contribution in [0.2, 0.25) is 0 Å². The van der Waals surface area contributed by atoms with Crippen LogP contribution in [-0.4, -0.2) is 40.0 Å². The zero-order valence-electron chi connectivity index (χ0n) is 15.3. The van der Waals surface area contributed by atoms with Gasteiger partial charge in [-0.15, -0.1) is 0 Å². The molecule has 0 saturated heterocycles. The van der Waals surface area contributed by atoms with E-state index in [1.807, 2.05) is 26.0 Å². The Morgan fingerprint density at radius 1 is 1.15 bits per heavy atom. The molecule has 27 heavy (non-hydrogen) atoms. The third-order valence-corrected chi connectivity index (χ3v) is 6.16. The van der Waals surface area contributed by atoms with Crippen LogP contribution in [0.1, 0.15) is 20.3 Å². The zero-order chi connectivity index (χ0) is 19.6. The van der Waals surface area contributed by atoms with Crippen LogP contribution in [0.4, 0.5) is 5.69 Å². The van der Waals surface area contributed by atoms with Gasteiger partial charge in [0.25, 0.3) is 15.9 Å². The lowest BCUT2D eigenvalue weighted by atomic mass is 10.1. The number of hydrogen-bond acceptors (Lipinski definition) is 5. The molecule has 1 aliphatic rings. The number of nitrogens with one attached hydrogen (secondary N) is 1. The predicted molar refractivity (Wildman–Crippen MR) is 102 cm³/mol. The predicted octanol–water partition coefficient (Wildman–Crippen LogP) is 2.05. The van der Waals surface area contributed by atoms with Crippen molar-refractivity contribution in [3.63, 3.8) is 0 Å². The van der Waals surface area contributed by atoms with Gasteiger partial charge in [-0.05, 0) is 29.9 Å². The van der Waals surface area contributed by atoms with Crippen LogP contribution in [0.5, 0.6) is 0 Å². The van der Waals surface area contributed by atoms with E-state index in [1.165, 1.54) is 6.07 Å². The first-order chi connectivity index (χ1) is 12.8. The number of hydrogen-bond donors (Lipinski definition) is 1. The molecule has 3 rings (SSSR count). The van der Waals surface area contributed by atoms with Crippen molar-refractivity contribution in [1.29, 1.82) is 0 Å². The topological polar surface area (TPSA) is 92.8 Å². The van der Waals surface area contributed by atoms with Crippen molar-refractivity contribution in [3.8, 4) is 0 Å². The van der Waals surface area contributed by atoms with Gasteiger partial charge in [-0.2, -0.15) is 0 Å². The molecule has 2 aromatic carbocycles. The van der Waals surface area contributed by atoms with Gasteiger partial charge in [0.05, 0.1) is 10.6 Å². The van der Waals surface area contributed by atoms with Crippen LogP contribution in [0, 0.1) is 5.92 Å². The average molecular weight is 390 g/mol. The number of carbonyl (C=O) groups excluding carboxylic acids is 2. The van der Waals surface area contributed by atoms with Crippen molar-refractivity contribution in [2.75, 3.05) is 24.0 Å². The van der Waals surface area contributed by atoms with Gasteiger partial charge in [-0.1, -0.05) is 38.1 Å². The van der Waals surface area contributed by atoms with E-state index < -0.39 is 35.1 Å². The normalized spacial score (nSPS) is 14.6. The molecule has 8 heteroatoms. The van der Waals surface area contributed by atoms with Crippen LogP contribution in [0.25, 0.3) is 10.8 Å². The first-order valence-corrected chi connectivity index (χ1v) is 10.2. The van der Waals surface area contributed by atoms with Crippen LogP contribution in [0.3, 0.4) is 0 Å². The summed E-state index contributed by atoms with van der Waals surface area (Å²) in [4.78, 5) is 24.0. The van der Waals surface area contributed by atoms with Crippen molar-refractivity contribution in [2.24, 2.45) is 5.92 Å². The maximum Gasteiger partial charge on any atom is 0.327 e. The number of amides is 1. The molecule has 144 valence electrons. The fourth-order valence-electron chi connectivity index (χ4n) is 2.99. The summed E-state index contributed by atoms with van der Waals surface area (Å²) in [5.74, 6) is -0.723. The molecular formula is C19H22N2O5S. The van der Waals surface area contributed by atoms with E-state index in [0.717, 1.165) is 16.1 Å². The Kier molecular flexibility index (Phi) is 5.36. The van der Waals surface area contributed by atoms with Crippen molar-refractivity contribution in [2.45, 2.75) is 25.2 Å². The molecule has 0 radical (unpaired) electrons. The molecule has 1 aliphatic heterocycles. The summed E-state index contributed by atoms with van der Waals surface area (Å²) >= 11 is 0. The van der Waals surface area contributed by atoms with E-state index in [-0.39, 0.29) is 4.90 Å². The summed E-state index contributed by atoms with van der Waals surface area (Å²) in [6.45, 7) is 3.69. The van der Waals surface area contributed by atoms with Crippen LogP contribution >= 0.6 is 0 Å². The molecule has 0 saturated carbocycles. The number of benzene rings is 2. The smallest absolute Gasteiger partial charge is 0.327 e. The fourth-order valence-corrected chi connectivity index (χ4v) is 4.64. The van der Waals surface area contributed by atoms with Crippen LogP contribution in [0.15, 0.2) is 41.3 Å². The maximum absolute atomic E-state index is 12.8. The van der Waals surface area contributed by atoms with E-state index >= 15 is 0 Å². The second-order valence-corrected chi connectivity index (χ2v) is 8.67. The van der Waals surface area contributed by atoms with E-state index in [1.54, 1.807) is 18.2 Å². The van der Waals surface area contributed by atoms with Gasteiger partial charge in [0.1, 0.15) is 6.54 Å². The average Bonchev–Trinajstić information content (AvgIpc) is 2.83. The molecule has 0 aliphatic carbocycles. The molecule has 0 unspecified atom stereocenters. The molecule has 7 nitrogen and oxygen atoms in total. The number of nitrogens with zero attached hydrogens (tertiary/aromatic N) is 1. The molecule has 2 aromatic rings. The third kappa shape index (κ3) is 3.90. The van der Waals surface area contributed by atoms with Crippen LogP contribution < -0.4 is 9.62 Å². The Morgan fingerprint density at radius 3 is 2.56 bits per heavy atom. The molecular weight excluding hydrogens is 368 g/mol. The Labute approximate surface area is 158 Å². The SMILES string of the molecule is CC(C)CCNC(=O)COC(=O)CN1c2cccc3cccc(c23)S1(=O)=O. The first-order valence-electron chi connectivity index (χ1n) is 8.77. The number of sulfonamides is 1. The maximum atomic E-state index is 12.8. The highest BCUT2D eigenvalue weighted by molar-refractivity contribution is 7.93. The summed E-state index contributed by atoms with van der Waals surface area (Å²) in [7, 11) is -3.82. The minimum absolute atomic E-state index is 0.176. The highest BCUT2D eigenvalue weighted by Gasteiger charge is 2.37. The molecule has 0 atom stereocenters. The zero-order valence-corrected chi connectivity index (χ0v) is 16.1. The van der Waals surface area contributed by atoms with Crippen molar-refractivity contribution in [1.82, 2.24) is 5.32 Å². The van der Waals surface area contributed by atoms with Gasteiger partial charge in [0.15, 0.2) is 6.61 Å². The van der Waals surface area contributed by atoms with Gasteiger partial charge in [0.2, 0.25) is 0 Å². The van der Waals surface area contributed by atoms with E-state index in [2.05, 4.69) is 5.32 Å². The highest BCUT2D eigenvalue weighted by Crippen LogP contribution is 2.41. The van der Waals surface area contributed by atoms with Gasteiger partial charge in [0, 0.05) is 11.9 Å². The molecule has 1 N–H and O–H groups in total. The Morgan fingerprint density at radius 2 is 1.85 bits per heavy atom.